The molecule has 3 N–H and O–H groups in total. The number of benzene rings is 3. The summed E-state index contributed by atoms with van der Waals surface area (Å²) in [5, 5.41) is 30.8. The Bertz CT molecular complexity index is 1140. The molecule has 3 aromatic carbocycles. The molecule has 3 rings (SSSR count). The Hall–Kier alpha value is -2.41. The summed E-state index contributed by atoms with van der Waals surface area (Å²) >= 11 is 0. The summed E-state index contributed by atoms with van der Waals surface area (Å²) in [5.74, 6) is 1.37. The maximum Gasteiger partial charge on any atom is 0.187 e. The lowest BCUT2D eigenvalue weighted by Gasteiger charge is -2.26. The number of para-hydroxylation sites is 3. The predicted octanol–water partition coefficient (Wildman–Crippen LogP) is 10.8. The van der Waals surface area contributed by atoms with Crippen LogP contribution in [-0.2, 0) is 32.5 Å². The number of hydrogen-bond acceptors (Lipinski definition) is 3. The zero-order chi connectivity index (χ0) is 35.6. The van der Waals surface area contributed by atoms with Gasteiger partial charge >= 0.3 is 0 Å². The van der Waals surface area contributed by atoms with Crippen LogP contribution in [0.15, 0.2) is 54.6 Å². The second-order valence-corrected chi connectivity index (χ2v) is 18.6. The summed E-state index contributed by atoms with van der Waals surface area (Å²) in [6.45, 7) is 38.2. The Morgan fingerprint density at radius 3 is 0.478 bits per heavy atom. The van der Waals surface area contributed by atoms with Crippen LogP contribution < -0.4 is 0 Å². The zero-order valence-electron chi connectivity index (χ0n) is 32.0. The smallest absolute Gasteiger partial charge is 0.187 e. The molecule has 0 aliphatic rings. The fraction of sp³-hybridized carbons (Fsp3) is 0.571. The molecule has 0 unspecified atom stereocenters. The van der Waals surface area contributed by atoms with E-state index in [4.69, 9.17) is 0 Å². The van der Waals surface area contributed by atoms with Gasteiger partial charge in [0.15, 0.2) is 17.4 Å². The summed E-state index contributed by atoms with van der Waals surface area (Å²) < 4.78 is 0. The summed E-state index contributed by atoms with van der Waals surface area (Å²) in [6.07, 6.45) is 0. The largest absolute Gasteiger partial charge is 0.507 e. The van der Waals surface area contributed by atoms with E-state index in [1.807, 2.05) is 54.6 Å². The van der Waals surface area contributed by atoms with Gasteiger partial charge in [0, 0.05) is 0 Å². The minimum absolute atomic E-state index is 0. The van der Waals surface area contributed by atoms with Gasteiger partial charge in [0.25, 0.3) is 0 Å². The standard InChI is InChI=1S/3C14H22O.Al.3H/c3*1-13(2,3)10-8-7-9-11(12(10)15)14(4,5)6;;;;/h3*7-9,15H,1-6H3;;;;. The fourth-order valence-electron chi connectivity index (χ4n) is 5.26. The van der Waals surface area contributed by atoms with Gasteiger partial charge in [-0.05, 0) is 65.9 Å². The first-order valence-electron chi connectivity index (χ1n) is 16.4. The Morgan fingerprint density at radius 2 is 0.391 bits per heavy atom. The van der Waals surface area contributed by atoms with E-state index >= 15 is 0 Å². The lowest BCUT2D eigenvalue weighted by molar-refractivity contribution is 0.422. The number of phenolic OH excluding ortho intramolecular Hbond substituents is 3. The van der Waals surface area contributed by atoms with E-state index in [9.17, 15) is 15.3 Å². The van der Waals surface area contributed by atoms with E-state index in [0.29, 0.717) is 17.2 Å². The van der Waals surface area contributed by atoms with Gasteiger partial charge in [-0.25, -0.2) is 0 Å². The van der Waals surface area contributed by atoms with Gasteiger partial charge in [0.2, 0.25) is 0 Å². The minimum Gasteiger partial charge on any atom is -0.507 e. The first kappa shape index (κ1) is 43.6. The molecule has 0 spiro atoms. The molecule has 0 amide bonds. The third kappa shape index (κ3) is 12.0. The highest BCUT2D eigenvalue weighted by atomic mass is 27.0. The second-order valence-electron chi connectivity index (χ2n) is 18.6. The van der Waals surface area contributed by atoms with Crippen molar-refractivity contribution in [3.8, 4) is 17.2 Å². The van der Waals surface area contributed by atoms with Crippen LogP contribution >= 0.6 is 0 Å². The van der Waals surface area contributed by atoms with Crippen LogP contribution in [-0.4, -0.2) is 32.7 Å². The lowest BCUT2D eigenvalue weighted by Crippen LogP contribution is -2.16. The van der Waals surface area contributed by atoms with Crippen molar-refractivity contribution in [1.82, 2.24) is 0 Å². The summed E-state index contributed by atoms with van der Waals surface area (Å²) in [7, 11) is 0. The third-order valence-corrected chi connectivity index (χ3v) is 7.96. The van der Waals surface area contributed by atoms with Crippen LogP contribution in [0.3, 0.4) is 0 Å². The first-order valence-corrected chi connectivity index (χ1v) is 16.4. The maximum absolute atomic E-state index is 10.3. The molecule has 0 saturated heterocycles. The van der Waals surface area contributed by atoms with Crippen molar-refractivity contribution in [1.29, 1.82) is 0 Å². The summed E-state index contributed by atoms with van der Waals surface area (Å²) in [5.41, 5.74) is 6.09. The van der Waals surface area contributed by atoms with Crippen molar-refractivity contribution in [3.63, 3.8) is 0 Å². The van der Waals surface area contributed by atoms with Crippen LogP contribution in [0.4, 0.5) is 0 Å². The molecule has 0 atom stereocenters. The molecule has 0 saturated carbocycles. The van der Waals surface area contributed by atoms with E-state index in [1.165, 1.54) is 0 Å². The van der Waals surface area contributed by atoms with Gasteiger partial charge in [-0.15, -0.1) is 0 Å². The molecule has 0 aromatic heterocycles. The van der Waals surface area contributed by atoms with Crippen molar-refractivity contribution in [2.45, 2.75) is 157 Å². The average molecular weight is 649 g/mol. The molecule has 0 bridgehead atoms. The van der Waals surface area contributed by atoms with Crippen LogP contribution in [0.2, 0.25) is 0 Å². The van der Waals surface area contributed by atoms with Crippen LogP contribution in [0.25, 0.3) is 0 Å². The number of aromatic hydroxyl groups is 3. The van der Waals surface area contributed by atoms with E-state index in [1.54, 1.807) is 0 Å². The molecule has 0 aliphatic carbocycles. The van der Waals surface area contributed by atoms with E-state index in [0.717, 1.165) is 33.4 Å². The van der Waals surface area contributed by atoms with Gasteiger partial charge in [0.05, 0.1) is 0 Å². The molecular formula is C42H69AlO3. The highest BCUT2D eigenvalue weighted by Crippen LogP contribution is 2.40. The van der Waals surface area contributed by atoms with Gasteiger partial charge in [0.1, 0.15) is 17.2 Å². The summed E-state index contributed by atoms with van der Waals surface area (Å²) in [6, 6.07) is 18.1. The SMILES string of the molecule is CC(C)(C)c1cccc(C(C)(C)C)c1O.CC(C)(C)c1cccc(C(C)(C)C)c1O.CC(C)(C)c1cccc(C(C)(C)C)c1O.[AlH3]. The van der Waals surface area contributed by atoms with Gasteiger partial charge in [-0.3, -0.25) is 0 Å². The molecule has 0 fully saturated rings. The molecule has 0 aliphatic heterocycles. The third-order valence-electron chi connectivity index (χ3n) is 7.96. The first-order chi connectivity index (χ1) is 19.9. The molecule has 3 aromatic rings. The lowest BCUT2D eigenvalue weighted by atomic mass is 9.79. The second kappa shape index (κ2) is 15.2. The van der Waals surface area contributed by atoms with Crippen LogP contribution in [0.1, 0.15) is 158 Å². The number of hydrogen-bond donors (Lipinski definition) is 3. The Balaban J connectivity index is 0.000000653. The van der Waals surface area contributed by atoms with E-state index in [-0.39, 0.29) is 49.9 Å². The molecule has 3 nitrogen and oxygen atoms in total. The molecule has 0 heterocycles. The Morgan fingerprint density at radius 1 is 0.283 bits per heavy atom. The molecule has 258 valence electrons. The van der Waals surface area contributed by atoms with Crippen molar-refractivity contribution in [2.75, 3.05) is 0 Å². The van der Waals surface area contributed by atoms with E-state index < -0.39 is 0 Å². The van der Waals surface area contributed by atoms with Gasteiger partial charge < -0.3 is 15.3 Å². The summed E-state index contributed by atoms with van der Waals surface area (Å²) in [4.78, 5) is 0. The highest BCUT2D eigenvalue weighted by Gasteiger charge is 2.27. The fourth-order valence-corrected chi connectivity index (χ4v) is 5.26. The Kier molecular flexibility index (Phi) is 14.4. The highest BCUT2D eigenvalue weighted by molar-refractivity contribution is 5.75. The van der Waals surface area contributed by atoms with Crippen molar-refractivity contribution in [2.24, 2.45) is 0 Å². The normalized spacial score (nSPS) is 12.7. The molecular weight excluding hydrogens is 579 g/mol. The molecule has 46 heavy (non-hydrogen) atoms. The van der Waals surface area contributed by atoms with E-state index in [2.05, 4.69) is 125 Å². The number of phenols is 3. The van der Waals surface area contributed by atoms with Crippen LogP contribution in [0.5, 0.6) is 17.2 Å². The zero-order valence-corrected chi connectivity index (χ0v) is 32.0. The Labute approximate surface area is 294 Å². The predicted molar refractivity (Wildman–Crippen MR) is 206 cm³/mol. The number of rotatable bonds is 0. The van der Waals surface area contributed by atoms with Crippen molar-refractivity contribution in [3.05, 3.63) is 88.0 Å². The van der Waals surface area contributed by atoms with Crippen molar-refractivity contribution >= 4 is 17.4 Å². The average Bonchev–Trinajstić information content (AvgIpc) is 2.81. The van der Waals surface area contributed by atoms with Crippen molar-refractivity contribution < 1.29 is 15.3 Å². The monoisotopic (exact) mass is 649 g/mol. The molecule has 4 heteroatoms. The molecule has 0 radical (unpaired) electrons. The van der Waals surface area contributed by atoms with Crippen LogP contribution in [0, 0.1) is 0 Å². The maximum atomic E-state index is 10.3. The quantitative estimate of drug-likeness (QED) is 0.213. The van der Waals surface area contributed by atoms with Gasteiger partial charge in [-0.1, -0.05) is 179 Å². The van der Waals surface area contributed by atoms with Gasteiger partial charge in [-0.2, -0.15) is 0 Å². The topological polar surface area (TPSA) is 60.7 Å². The minimum atomic E-state index is -0.00859.